The molecule has 1 aromatic heterocycles. The summed E-state index contributed by atoms with van der Waals surface area (Å²) in [5.74, 6) is -0.237. The van der Waals surface area contributed by atoms with Crippen molar-refractivity contribution >= 4 is 34.5 Å². The van der Waals surface area contributed by atoms with Crippen LogP contribution in [0.25, 0.3) is 0 Å². The van der Waals surface area contributed by atoms with E-state index in [4.69, 9.17) is 16.9 Å². The molecule has 2 rings (SSSR count). The van der Waals surface area contributed by atoms with E-state index >= 15 is 0 Å². The van der Waals surface area contributed by atoms with Crippen molar-refractivity contribution in [2.75, 3.05) is 5.32 Å². The first-order chi connectivity index (χ1) is 8.20. The Morgan fingerprint density at radius 2 is 2.24 bits per heavy atom. The average Bonchev–Trinajstić information content (AvgIpc) is 2.83. The Labute approximate surface area is 107 Å². The summed E-state index contributed by atoms with van der Waals surface area (Å²) in [7, 11) is 0. The molecule has 1 aromatic carbocycles. The van der Waals surface area contributed by atoms with Gasteiger partial charge in [0.25, 0.3) is 5.91 Å². The second-order valence-corrected chi connectivity index (χ2v) is 4.62. The number of nitrogens with one attached hydrogen (secondary N) is 1. The maximum absolute atomic E-state index is 11.8. The molecule has 0 saturated heterocycles. The van der Waals surface area contributed by atoms with E-state index in [0.29, 0.717) is 21.2 Å². The Morgan fingerprint density at radius 3 is 2.88 bits per heavy atom. The zero-order chi connectivity index (χ0) is 12.3. The number of amides is 1. The standard InChI is InChI=1S/C12H7ClN2OS/c13-9-4-3-8(7-14)10(6-9)15-12(16)11-2-1-5-17-11/h1-6H,(H,15,16). The minimum absolute atomic E-state index is 0.237. The van der Waals surface area contributed by atoms with Crippen molar-refractivity contribution in [3.63, 3.8) is 0 Å². The molecule has 1 amide bonds. The Morgan fingerprint density at radius 1 is 1.41 bits per heavy atom. The van der Waals surface area contributed by atoms with E-state index in [1.54, 1.807) is 30.3 Å². The van der Waals surface area contributed by atoms with Gasteiger partial charge in [0.05, 0.1) is 16.1 Å². The second-order valence-electron chi connectivity index (χ2n) is 3.23. The lowest BCUT2D eigenvalue weighted by atomic mass is 10.2. The maximum Gasteiger partial charge on any atom is 0.265 e. The van der Waals surface area contributed by atoms with Crippen molar-refractivity contribution in [1.82, 2.24) is 0 Å². The van der Waals surface area contributed by atoms with Crippen LogP contribution in [-0.2, 0) is 0 Å². The summed E-state index contributed by atoms with van der Waals surface area (Å²) in [6.45, 7) is 0. The number of nitriles is 1. The number of halogens is 1. The van der Waals surface area contributed by atoms with Gasteiger partial charge in [0, 0.05) is 5.02 Å². The Bertz CT molecular complexity index is 587. The number of anilines is 1. The summed E-state index contributed by atoms with van der Waals surface area (Å²) in [4.78, 5) is 12.4. The summed E-state index contributed by atoms with van der Waals surface area (Å²) in [5.41, 5.74) is 0.817. The lowest BCUT2D eigenvalue weighted by Crippen LogP contribution is -2.11. The summed E-state index contributed by atoms with van der Waals surface area (Å²) in [5, 5.41) is 13.9. The van der Waals surface area contributed by atoms with Gasteiger partial charge in [-0.05, 0) is 29.6 Å². The minimum atomic E-state index is -0.237. The molecule has 0 aliphatic heterocycles. The van der Waals surface area contributed by atoms with Gasteiger partial charge in [-0.1, -0.05) is 17.7 Å². The first-order valence-corrected chi connectivity index (χ1v) is 6.01. The van der Waals surface area contributed by atoms with Gasteiger partial charge in [0.15, 0.2) is 0 Å². The van der Waals surface area contributed by atoms with Gasteiger partial charge < -0.3 is 5.32 Å². The summed E-state index contributed by atoms with van der Waals surface area (Å²) in [6.07, 6.45) is 0. The normalized spacial score (nSPS) is 9.65. The lowest BCUT2D eigenvalue weighted by molar-refractivity contribution is 0.103. The summed E-state index contributed by atoms with van der Waals surface area (Å²) in [6, 6.07) is 10.3. The molecule has 17 heavy (non-hydrogen) atoms. The minimum Gasteiger partial charge on any atom is -0.320 e. The predicted molar refractivity (Wildman–Crippen MR) is 68.4 cm³/mol. The number of carbonyl (C=O) groups is 1. The topological polar surface area (TPSA) is 52.9 Å². The van der Waals surface area contributed by atoms with E-state index in [9.17, 15) is 4.79 Å². The highest BCUT2D eigenvalue weighted by molar-refractivity contribution is 7.12. The third-order valence-electron chi connectivity index (χ3n) is 2.10. The molecule has 0 spiro atoms. The molecule has 1 heterocycles. The van der Waals surface area contributed by atoms with Crippen LogP contribution in [0.4, 0.5) is 5.69 Å². The van der Waals surface area contributed by atoms with Crippen LogP contribution >= 0.6 is 22.9 Å². The summed E-state index contributed by atoms with van der Waals surface area (Å²) < 4.78 is 0. The van der Waals surface area contributed by atoms with Gasteiger partial charge in [-0.25, -0.2) is 0 Å². The Balaban J connectivity index is 2.27. The molecule has 0 fully saturated rings. The van der Waals surface area contributed by atoms with Crippen molar-refractivity contribution in [3.05, 3.63) is 51.2 Å². The first kappa shape index (κ1) is 11.6. The fourth-order valence-corrected chi connectivity index (χ4v) is 2.10. The Hall–Kier alpha value is -1.83. The molecule has 0 aliphatic carbocycles. The van der Waals surface area contributed by atoms with E-state index in [-0.39, 0.29) is 5.91 Å². The van der Waals surface area contributed by atoms with Crippen LogP contribution in [-0.4, -0.2) is 5.91 Å². The van der Waals surface area contributed by atoms with Gasteiger partial charge in [-0.3, -0.25) is 4.79 Å². The maximum atomic E-state index is 11.8. The molecule has 3 nitrogen and oxygen atoms in total. The zero-order valence-corrected chi connectivity index (χ0v) is 10.2. The highest BCUT2D eigenvalue weighted by Crippen LogP contribution is 2.21. The molecule has 84 valence electrons. The molecule has 0 bridgehead atoms. The largest absolute Gasteiger partial charge is 0.320 e. The SMILES string of the molecule is N#Cc1ccc(Cl)cc1NC(=O)c1cccs1. The number of carbonyl (C=O) groups excluding carboxylic acids is 1. The number of nitrogens with zero attached hydrogens (tertiary/aromatic N) is 1. The van der Waals surface area contributed by atoms with Crippen LogP contribution < -0.4 is 5.32 Å². The van der Waals surface area contributed by atoms with Crippen molar-refractivity contribution in [2.45, 2.75) is 0 Å². The molecule has 0 atom stereocenters. The van der Waals surface area contributed by atoms with Gasteiger partial charge in [-0.15, -0.1) is 11.3 Å². The fraction of sp³-hybridized carbons (Fsp3) is 0. The van der Waals surface area contributed by atoms with Crippen LogP contribution in [0.3, 0.4) is 0 Å². The van der Waals surface area contributed by atoms with E-state index in [2.05, 4.69) is 5.32 Å². The first-order valence-electron chi connectivity index (χ1n) is 4.75. The van der Waals surface area contributed by atoms with Crippen LogP contribution in [0, 0.1) is 11.3 Å². The van der Waals surface area contributed by atoms with Gasteiger partial charge in [-0.2, -0.15) is 5.26 Å². The quantitative estimate of drug-likeness (QED) is 0.900. The number of benzene rings is 1. The molecular formula is C12H7ClN2OS. The highest BCUT2D eigenvalue weighted by Gasteiger charge is 2.10. The monoisotopic (exact) mass is 262 g/mol. The van der Waals surface area contributed by atoms with Gasteiger partial charge >= 0.3 is 0 Å². The zero-order valence-electron chi connectivity index (χ0n) is 8.61. The number of hydrogen-bond donors (Lipinski definition) is 1. The second kappa shape index (κ2) is 5.00. The van der Waals surface area contributed by atoms with E-state index in [1.807, 2.05) is 11.4 Å². The molecule has 1 N–H and O–H groups in total. The Kier molecular flexibility index (Phi) is 3.43. The highest BCUT2D eigenvalue weighted by atomic mass is 35.5. The molecule has 2 aromatic rings. The van der Waals surface area contributed by atoms with E-state index in [1.165, 1.54) is 11.3 Å². The van der Waals surface area contributed by atoms with Crippen molar-refractivity contribution in [1.29, 1.82) is 5.26 Å². The summed E-state index contributed by atoms with van der Waals surface area (Å²) >= 11 is 7.16. The molecule has 0 radical (unpaired) electrons. The fourth-order valence-electron chi connectivity index (χ4n) is 1.31. The van der Waals surface area contributed by atoms with Gasteiger partial charge in [0.1, 0.15) is 6.07 Å². The van der Waals surface area contributed by atoms with Gasteiger partial charge in [0.2, 0.25) is 0 Å². The van der Waals surface area contributed by atoms with E-state index in [0.717, 1.165) is 0 Å². The smallest absolute Gasteiger partial charge is 0.265 e. The van der Waals surface area contributed by atoms with Crippen LogP contribution in [0.2, 0.25) is 5.02 Å². The molecular weight excluding hydrogens is 256 g/mol. The number of hydrogen-bond acceptors (Lipinski definition) is 3. The molecule has 0 saturated carbocycles. The van der Waals surface area contributed by atoms with Crippen LogP contribution in [0.15, 0.2) is 35.7 Å². The molecule has 0 aliphatic rings. The lowest BCUT2D eigenvalue weighted by Gasteiger charge is -2.05. The third kappa shape index (κ3) is 2.64. The van der Waals surface area contributed by atoms with Crippen LogP contribution in [0.5, 0.6) is 0 Å². The van der Waals surface area contributed by atoms with Crippen molar-refractivity contribution in [2.24, 2.45) is 0 Å². The molecule has 5 heteroatoms. The average molecular weight is 263 g/mol. The number of thiophene rings is 1. The van der Waals surface area contributed by atoms with Crippen molar-refractivity contribution < 1.29 is 4.79 Å². The van der Waals surface area contributed by atoms with E-state index < -0.39 is 0 Å². The van der Waals surface area contributed by atoms with Crippen LogP contribution in [0.1, 0.15) is 15.2 Å². The van der Waals surface area contributed by atoms with Crippen molar-refractivity contribution in [3.8, 4) is 6.07 Å². The number of rotatable bonds is 2. The molecule has 0 unspecified atom stereocenters. The predicted octanol–water partition coefficient (Wildman–Crippen LogP) is 3.53. The third-order valence-corrected chi connectivity index (χ3v) is 3.20.